The number of aryl methyl sites for hydroxylation is 1. The van der Waals surface area contributed by atoms with Gasteiger partial charge in [-0.05, 0) is 42.8 Å². The zero-order valence-corrected chi connectivity index (χ0v) is 9.89. The zero-order chi connectivity index (χ0) is 12.7. The van der Waals surface area contributed by atoms with Crippen molar-refractivity contribution in [2.24, 2.45) is 0 Å². The summed E-state index contributed by atoms with van der Waals surface area (Å²) in [7, 11) is 0. The molecule has 0 aliphatic carbocycles. The van der Waals surface area contributed by atoms with Crippen LogP contribution in [-0.4, -0.2) is 9.55 Å². The van der Waals surface area contributed by atoms with Crippen molar-refractivity contribution < 1.29 is 4.39 Å². The molecule has 1 aromatic heterocycles. The van der Waals surface area contributed by atoms with Crippen LogP contribution in [0.3, 0.4) is 0 Å². The average Bonchev–Trinajstić information content (AvgIpc) is 2.75. The van der Waals surface area contributed by atoms with Gasteiger partial charge in [0, 0.05) is 5.69 Å². The van der Waals surface area contributed by atoms with Gasteiger partial charge < -0.3 is 5.73 Å². The van der Waals surface area contributed by atoms with Crippen LogP contribution < -0.4 is 5.73 Å². The van der Waals surface area contributed by atoms with Gasteiger partial charge in [-0.3, -0.25) is 4.57 Å². The second-order valence-electron chi connectivity index (χ2n) is 4.29. The van der Waals surface area contributed by atoms with Crippen LogP contribution >= 0.6 is 0 Å². The minimum absolute atomic E-state index is 0.257. The van der Waals surface area contributed by atoms with E-state index in [9.17, 15) is 4.39 Å². The Morgan fingerprint density at radius 1 is 1.17 bits per heavy atom. The number of halogens is 1. The van der Waals surface area contributed by atoms with Gasteiger partial charge in [-0.2, -0.15) is 0 Å². The molecule has 18 heavy (non-hydrogen) atoms. The Balaban J connectivity index is 2.28. The number of hydrogen-bond donors (Lipinski definition) is 1. The summed E-state index contributed by atoms with van der Waals surface area (Å²) >= 11 is 0. The van der Waals surface area contributed by atoms with Crippen LogP contribution in [-0.2, 0) is 0 Å². The molecule has 3 aromatic rings. The number of rotatable bonds is 1. The van der Waals surface area contributed by atoms with Gasteiger partial charge >= 0.3 is 0 Å². The lowest BCUT2D eigenvalue weighted by molar-refractivity contribution is 0.626. The first kappa shape index (κ1) is 10.8. The van der Waals surface area contributed by atoms with Gasteiger partial charge in [-0.15, -0.1) is 0 Å². The van der Waals surface area contributed by atoms with Crippen LogP contribution in [0.2, 0.25) is 0 Å². The summed E-state index contributed by atoms with van der Waals surface area (Å²) in [5.74, 6) is -0.257. The lowest BCUT2D eigenvalue weighted by Gasteiger charge is -2.08. The first-order chi connectivity index (χ1) is 8.65. The first-order valence-corrected chi connectivity index (χ1v) is 5.64. The second kappa shape index (κ2) is 3.84. The van der Waals surface area contributed by atoms with Gasteiger partial charge in [-0.25, -0.2) is 9.37 Å². The monoisotopic (exact) mass is 241 g/mol. The van der Waals surface area contributed by atoms with E-state index in [2.05, 4.69) is 4.98 Å². The third kappa shape index (κ3) is 1.62. The van der Waals surface area contributed by atoms with Crippen molar-refractivity contribution in [3.8, 4) is 5.69 Å². The SMILES string of the molecule is Cc1ccc(F)cc1-n1cnc2cc(N)ccc21. The Morgan fingerprint density at radius 3 is 2.83 bits per heavy atom. The van der Waals surface area contributed by atoms with Gasteiger partial charge in [0.1, 0.15) is 12.1 Å². The summed E-state index contributed by atoms with van der Waals surface area (Å²) in [5.41, 5.74) is 9.89. The molecule has 0 unspecified atom stereocenters. The molecule has 0 bridgehead atoms. The molecule has 3 rings (SSSR count). The fourth-order valence-electron chi connectivity index (χ4n) is 2.06. The Labute approximate surface area is 104 Å². The third-order valence-corrected chi connectivity index (χ3v) is 3.00. The normalized spacial score (nSPS) is 11.0. The largest absolute Gasteiger partial charge is 0.399 e. The van der Waals surface area contributed by atoms with E-state index in [0.29, 0.717) is 5.69 Å². The van der Waals surface area contributed by atoms with Crippen LogP contribution in [0.25, 0.3) is 16.7 Å². The summed E-state index contributed by atoms with van der Waals surface area (Å²) in [5, 5.41) is 0. The third-order valence-electron chi connectivity index (χ3n) is 3.00. The lowest BCUT2D eigenvalue weighted by Crippen LogP contribution is -1.96. The molecule has 0 fully saturated rings. The molecule has 90 valence electrons. The van der Waals surface area contributed by atoms with Gasteiger partial charge in [0.15, 0.2) is 0 Å². The molecule has 0 amide bonds. The van der Waals surface area contributed by atoms with Crippen molar-refractivity contribution >= 4 is 16.7 Å². The summed E-state index contributed by atoms with van der Waals surface area (Å²) in [6, 6.07) is 10.2. The van der Waals surface area contributed by atoms with Crippen molar-refractivity contribution in [3.63, 3.8) is 0 Å². The highest BCUT2D eigenvalue weighted by Gasteiger charge is 2.08. The smallest absolute Gasteiger partial charge is 0.125 e. The highest BCUT2D eigenvalue weighted by molar-refractivity contribution is 5.80. The predicted molar refractivity (Wildman–Crippen MR) is 70.2 cm³/mol. The molecule has 2 N–H and O–H groups in total. The Kier molecular flexibility index (Phi) is 2.30. The molecule has 0 saturated heterocycles. The van der Waals surface area contributed by atoms with Crippen LogP contribution in [0, 0.1) is 12.7 Å². The number of nitrogens with zero attached hydrogens (tertiary/aromatic N) is 2. The first-order valence-electron chi connectivity index (χ1n) is 5.64. The quantitative estimate of drug-likeness (QED) is 0.665. The molecule has 0 saturated carbocycles. The van der Waals surface area contributed by atoms with E-state index in [1.165, 1.54) is 12.1 Å². The van der Waals surface area contributed by atoms with Gasteiger partial charge in [-0.1, -0.05) is 6.07 Å². The number of nitrogen functional groups attached to an aromatic ring is 1. The molecular weight excluding hydrogens is 229 g/mol. The molecule has 0 aliphatic heterocycles. The molecular formula is C14H12FN3. The van der Waals surface area contributed by atoms with Crippen molar-refractivity contribution in [2.45, 2.75) is 6.92 Å². The number of anilines is 1. The standard InChI is InChI=1S/C14H12FN3/c1-9-2-3-10(15)6-14(9)18-8-17-12-7-11(16)4-5-13(12)18/h2-8H,16H2,1H3. The number of imidazole rings is 1. The number of hydrogen-bond acceptors (Lipinski definition) is 2. The summed E-state index contributed by atoms with van der Waals surface area (Å²) < 4.78 is 15.2. The summed E-state index contributed by atoms with van der Waals surface area (Å²) in [6.07, 6.45) is 1.69. The lowest BCUT2D eigenvalue weighted by atomic mass is 10.2. The van der Waals surface area contributed by atoms with E-state index in [0.717, 1.165) is 22.3 Å². The Hall–Kier alpha value is -2.36. The van der Waals surface area contributed by atoms with Crippen LogP contribution in [0.1, 0.15) is 5.56 Å². The van der Waals surface area contributed by atoms with Gasteiger partial charge in [0.2, 0.25) is 0 Å². The molecule has 0 spiro atoms. The molecule has 4 heteroatoms. The van der Waals surface area contributed by atoms with E-state index < -0.39 is 0 Å². The number of benzene rings is 2. The number of nitrogens with two attached hydrogens (primary N) is 1. The summed E-state index contributed by atoms with van der Waals surface area (Å²) in [6.45, 7) is 1.94. The molecule has 2 aromatic carbocycles. The van der Waals surface area contributed by atoms with E-state index in [1.54, 1.807) is 18.5 Å². The van der Waals surface area contributed by atoms with Crippen LogP contribution in [0.15, 0.2) is 42.7 Å². The highest BCUT2D eigenvalue weighted by atomic mass is 19.1. The summed E-state index contributed by atoms with van der Waals surface area (Å²) in [4.78, 5) is 4.29. The van der Waals surface area contributed by atoms with Crippen LogP contribution in [0.4, 0.5) is 10.1 Å². The maximum Gasteiger partial charge on any atom is 0.125 e. The minimum Gasteiger partial charge on any atom is -0.399 e. The molecule has 0 atom stereocenters. The Bertz CT molecular complexity index is 731. The van der Waals surface area contributed by atoms with Crippen molar-refractivity contribution in [1.82, 2.24) is 9.55 Å². The number of fused-ring (bicyclic) bond motifs is 1. The fourth-order valence-corrected chi connectivity index (χ4v) is 2.06. The molecule has 0 radical (unpaired) electrons. The number of aromatic nitrogens is 2. The van der Waals surface area contributed by atoms with Crippen molar-refractivity contribution in [2.75, 3.05) is 5.73 Å². The Morgan fingerprint density at radius 2 is 2.00 bits per heavy atom. The maximum absolute atomic E-state index is 13.3. The van der Waals surface area contributed by atoms with Gasteiger partial charge in [0.05, 0.1) is 16.7 Å². The highest BCUT2D eigenvalue weighted by Crippen LogP contribution is 2.22. The molecule has 1 heterocycles. The predicted octanol–water partition coefficient (Wildman–Crippen LogP) is 3.06. The van der Waals surface area contributed by atoms with Crippen LogP contribution in [0.5, 0.6) is 0 Å². The fraction of sp³-hybridized carbons (Fsp3) is 0.0714. The minimum atomic E-state index is -0.257. The second-order valence-corrected chi connectivity index (χ2v) is 4.29. The van der Waals surface area contributed by atoms with E-state index in [4.69, 9.17) is 5.73 Å². The van der Waals surface area contributed by atoms with Gasteiger partial charge in [0.25, 0.3) is 0 Å². The zero-order valence-electron chi connectivity index (χ0n) is 9.89. The maximum atomic E-state index is 13.3. The molecule has 0 aliphatic rings. The van der Waals surface area contributed by atoms with Crippen molar-refractivity contribution in [1.29, 1.82) is 0 Å². The molecule has 3 nitrogen and oxygen atoms in total. The topological polar surface area (TPSA) is 43.8 Å². The van der Waals surface area contributed by atoms with Crippen molar-refractivity contribution in [3.05, 3.63) is 54.1 Å². The average molecular weight is 241 g/mol. The van der Waals surface area contributed by atoms with E-state index in [-0.39, 0.29) is 5.82 Å². The van der Waals surface area contributed by atoms with E-state index >= 15 is 0 Å². The van der Waals surface area contributed by atoms with E-state index in [1.807, 2.05) is 23.6 Å².